The van der Waals surface area contributed by atoms with E-state index in [1.165, 1.54) is 0 Å². The zero-order valence-corrected chi connectivity index (χ0v) is 18.1. The maximum Gasteiger partial charge on any atom is 0.205 e. The largest absolute Gasteiger partial charge is 0.379 e. The highest BCUT2D eigenvalue weighted by atomic mass is 16.5. The van der Waals surface area contributed by atoms with Crippen molar-refractivity contribution in [3.63, 3.8) is 0 Å². The van der Waals surface area contributed by atoms with Crippen LogP contribution in [0.5, 0.6) is 0 Å². The summed E-state index contributed by atoms with van der Waals surface area (Å²) in [5, 5.41) is 6.98. The number of anilines is 2. The monoisotopic (exact) mass is 418 g/mol. The van der Waals surface area contributed by atoms with E-state index in [-0.39, 0.29) is 6.04 Å². The lowest BCUT2D eigenvalue weighted by molar-refractivity contribution is 0.0398. The molecule has 30 heavy (non-hydrogen) atoms. The van der Waals surface area contributed by atoms with Crippen LogP contribution in [0, 0.1) is 0 Å². The van der Waals surface area contributed by atoms with Gasteiger partial charge in [-0.2, -0.15) is 0 Å². The van der Waals surface area contributed by atoms with Crippen LogP contribution in [0.4, 0.5) is 11.8 Å². The third kappa shape index (κ3) is 5.18. The molecule has 2 aromatic heterocycles. The Morgan fingerprint density at radius 1 is 0.900 bits per heavy atom. The van der Waals surface area contributed by atoms with Crippen molar-refractivity contribution in [2.24, 2.45) is 0 Å². The van der Waals surface area contributed by atoms with E-state index in [0.29, 0.717) is 0 Å². The van der Waals surface area contributed by atoms with Gasteiger partial charge in [-0.1, -0.05) is 0 Å². The number of hydrogen-bond donors (Lipinski definition) is 2. The molecule has 0 atom stereocenters. The zero-order valence-electron chi connectivity index (χ0n) is 18.1. The summed E-state index contributed by atoms with van der Waals surface area (Å²) in [6.07, 6.45) is 1.62. The first-order chi connectivity index (χ1) is 14.7. The number of ether oxygens (including phenoxy) is 2. The van der Waals surface area contributed by atoms with Gasteiger partial charge in [-0.05, 0) is 13.8 Å². The first-order valence-electron chi connectivity index (χ1n) is 11.0. The molecule has 2 aliphatic rings. The number of nitrogens with zero attached hydrogens (tertiary/aromatic N) is 6. The molecule has 2 saturated heterocycles. The fraction of sp³-hybridized carbons (Fsp3) is 0.750. The summed E-state index contributed by atoms with van der Waals surface area (Å²) in [4.78, 5) is 18.7. The molecule has 0 amide bonds. The Labute approximate surface area is 178 Å². The van der Waals surface area contributed by atoms with Gasteiger partial charge in [0.05, 0.1) is 26.4 Å². The van der Waals surface area contributed by atoms with Crippen LogP contribution in [0.1, 0.15) is 19.9 Å². The Kier molecular flexibility index (Phi) is 7.32. The molecular formula is C20H34N8O2. The highest BCUT2D eigenvalue weighted by Gasteiger charge is 2.18. The Hall–Kier alpha value is -2.01. The number of fused-ring (bicyclic) bond motifs is 1. The highest BCUT2D eigenvalue weighted by Crippen LogP contribution is 2.26. The predicted molar refractivity (Wildman–Crippen MR) is 117 cm³/mol. The number of hydrogen-bond acceptors (Lipinski definition) is 9. The van der Waals surface area contributed by atoms with Crippen LogP contribution < -0.4 is 10.6 Å². The first kappa shape index (κ1) is 21.2. The summed E-state index contributed by atoms with van der Waals surface area (Å²) >= 11 is 0. The molecule has 4 rings (SSSR count). The van der Waals surface area contributed by atoms with E-state index in [4.69, 9.17) is 14.5 Å². The maximum atomic E-state index is 5.43. The van der Waals surface area contributed by atoms with Crippen molar-refractivity contribution in [3.8, 4) is 0 Å². The van der Waals surface area contributed by atoms with E-state index in [1.807, 2.05) is 0 Å². The molecule has 4 heterocycles. The minimum atomic E-state index is 0.247. The minimum Gasteiger partial charge on any atom is -0.379 e. The topological polar surface area (TPSA) is 92.6 Å². The molecule has 0 unspecified atom stereocenters. The van der Waals surface area contributed by atoms with Crippen LogP contribution in [0.25, 0.3) is 11.2 Å². The van der Waals surface area contributed by atoms with Gasteiger partial charge in [0.1, 0.15) is 6.33 Å². The molecule has 2 fully saturated rings. The van der Waals surface area contributed by atoms with Crippen LogP contribution >= 0.6 is 0 Å². The number of nitrogens with one attached hydrogen (secondary N) is 2. The molecule has 10 nitrogen and oxygen atoms in total. The second kappa shape index (κ2) is 10.3. The molecule has 0 aromatic carbocycles. The van der Waals surface area contributed by atoms with Crippen LogP contribution in [-0.2, 0) is 9.47 Å². The number of morpholine rings is 2. The second-order valence-corrected chi connectivity index (χ2v) is 8.06. The third-order valence-electron chi connectivity index (χ3n) is 5.63. The van der Waals surface area contributed by atoms with Gasteiger partial charge in [0.2, 0.25) is 5.95 Å². The Balaban J connectivity index is 1.42. The van der Waals surface area contributed by atoms with Gasteiger partial charge in [-0.25, -0.2) is 15.0 Å². The molecule has 2 aromatic rings. The van der Waals surface area contributed by atoms with Crippen molar-refractivity contribution in [2.75, 3.05) is 89.4 Å². The average Bonchev–Trinajstić information content (AvgIpc) is 3.15. The molecule has 0 bridgehead atoms. The molecule has 10 heteroatoms. The Morgan fingerprint density at radius 3 is 2.10 bits per heavy atom. The van der Waals surface area contributed by atoms with Crippen molar-refractivity contribution in [1.29, 1.82) is 0 Å². The normalized spacial score (nSPS) is 18.9. The summed E-state index contributed by atoms with van der Waals surface area (Å²) in [6.45, 7) is 15.1. The van der Waals surface area contributed by atoms with E-state index in [9.17, 15) is 0 Å². The molecule has 0 spiro atoms. The summed E-state index contributed by atoms with van der Waals surface area (Å²) in [5.41, 5.74) is 1.68. The third-order valence-corrected chi connectivity index (χ3v) is 5.63. The van der Waals surface area contributed by atoms with Crippen molar-refractivity contribution in [3.05, 3.63) is 6.33 Å². The van der Waals surface area contributed by atoms with E-state index < -0.39 is 0 Å². The van der Waals surface area contributed by atoms with Crippen molar-refractivity contribution >= 4 is 22.9 Å². The van der Waals surface area contributed by atoms with E-state index in [2.05, 4.69) is 48.8 Å². The summed E-state index contributed by atoms with van der Waals surface area (Å²) in [5.74, 6) is 1.65. The Bertz CT molecular complexity index is 799. The number of rotatable bonds is 9. The van der Waals surface area contributed by atoms with E-state index in [0.717, 1.165) is 102 Å². The van der Waals surface area contributed by atoms with E-state index in [1.54, 1.807) is 6.33 Å². The number of aromatic nitrogens is 4. The standard InChI is InChI=1S/C20H34N8O2/c1-16(2)28-19-17(25-20(28)22-4-6-27-9-13-30-14-10-27)18(23-15-24-19)21-3-5-26-7-11-29-12-8-26/h15-16H,3-14H2,1-2H3,(H,22,25)(H,21,23,24). The zero-order chi connectivity index (χ0) is 20.8. The molecule has 2 aliphatic heterocycles. The first-order valence-corrected chi connectivity index (χ1v) is 11.0. The quantitative estimate of drug-likeness (QED) is 0.616. The second-order valence-electron chi connectivity index (χ2n) is 8.06. The van der Waals surface area contributed by atoms with Crippen LogP contribution in [-0.4, -0.2) is 108 Å². The average molecular weight is 419 g/mol. The molecule has 0 radical (unpaired) electrons. The minimum absolute atomic E-state index is 0.247. The van der Waals surface area contributed by atoms with Gasteiger partial charge in [0, 0.05) is 58.4 Å². The number of imidazole rings is 1. The van der Waals surface area contributed by atoms with Gasteiger partial charge in [0.25, 0.3) is 0 Å². The summed E-state index contributed by atoms with van der Waals surface area (Å²) < 4.78 is 13.0. The summed E-state index contributed by atoms with van der Waals surface area (Å²) in [7, 11) is 0. The Morgan fingerprint density at radius 2 is 1.50 bits per heavy atom. The fourth-order valence-electron chi connectivity index (χ4n) is 3.96. The SMILES string of the molecule is CC(C)n1c(NCCN2CCOCC2)nc2c(NCCN3CCOCC3)ncnc21. The molecule has 2 N–H and O–H groups in total. The van der Waals surface area contributed by atoms with Crippen molar-refractivity contribution in [1.82, 2.24) is 29.3 Å². The fourth-order valence-corrected chi connectivity index (χ4v) is 3.96. The predicted octanol–water partition coefficient (Wildman–Crippen LogP) is 0.895. The van der Waals surface area contributed by atoms with Gasteiger partial charge < -0.3 is 20.1 Å². The maximum absolute atomic E-state index is 5.43. The van der Waals surface area contributed by atoms with Crippen molar-refractivity contribution < 1.29 is 9.47 Å². The van der Waals surface area contributed by atoms with Crippen molar-refractivity contribution in [2.45, 2.75) is 19.9 Å². The summed E-state index contributed by atoms with van der Waals surface area (Å²) in [6, 6.07) is 0.247. The van der Waals surface area contributed by atoms with Crippen LogP contribution in [0.3, 0.4) is 0 Å². The lowest BCUT2D eigenvalue weighted by Gasteiger charge is -2.26. The van der Waals surface area contributed by atoms with Gasteiger partial charge in [0.15, 0.2) is 17.0 Å². The highest BCUT2D eigenvalue weighted by molar-refractivity contribution is 5.85. The molecule has 0 aliphatic carbocycles. The van der Waals surface area contributed by atoms with Gasteiger partial charge >= 0.3 is 0 Å². The van der Waals surface area contributed by atoms with Crippen LogP contribution in [0.15, 0.2) is 6.33 Å². The van der Waals surface area contributed by atoms with Crippen LogP contribution in [0.2, 0.25) is 0 Å². The van der Waals surface area contributed by atoms with Gasteiger partial charge in [-0.3, -0.25) is 14.4 Å². The van der Waals surface area contributed by atoms with Gasteiger partial charge in [-0.15, -0.1) is 0 Å². The smallest absolute Gasteiger partial charge is 0.205 e. The molecule has 166 valence electrons. The molecular weight excluding hydrogens is 384 g/mol. The lowest BCUT2D eigenvalue weighted by atomic mass is 10.3. The van der Waals surface area contributed by atoms with E-state index >= 15 is 0 Å². The lowest BCUT2D eigenvalue weighted by Crippen LogP contribution is -2.39. The molecule has 0 saturated carbocycles.